The molecular formula is C19H17NO3. The molecule has 0 aromatic heterocycles. The lowest BCUT2D eigenvalue weighted by Crippen LogP contribution is -1.89. The van der Waals surface area contributed by atoms with Gasteiger partial charge in [-0.3, -0.25) is 4.99 Å². The fraction of sp³-hybridized carbons (Fsp3) is 0.105. The number of aliphatic imine (C=N–C) groups is 1. The van der Waals surface area contributed by atoms with Crippen molar-refractivity contribution in [3.05, 3.63) is 65.7 Å². The smallest absolute Gasteiger partial charge is 0.160 e. The molecule has 3 rings (SSSR count). The number of hydrogen-bond donors (Lipinski definition) is 2. The van der Waals surface area contributed by atoms with Crippen LogP contribution in [0.2, 0.25) is 0 Å². The Hall–Kier alpha value is -3.01. The van der Waals surface area contributed by atoms with Crippen molar-refractivity contribution in [3.63, 3.8) is 0 Å². The first-order valence-corrected chi connectivity index (χ1v) is 7.25. The number of ether oxygens (including phenoxy) is 1. The predicted octanol–water partition coefficient (Wildman–Crippen LogP) is 3.88. The van der Waals surface area contributed by atoms with Crippen LogP contribution in [-0.2, 0) is 6.54 Å². The first-order valence-electron chi connectivity index (χ1n) is 7.25. The van der Waals surface area contributed by atoms with Gasteiger partial charge in [0.1, 0.15) is 5.75 Å². The first-order chi connectivity index (χ1) is 11.2. The number of hydrogen-bond acceptors (Lipinski definition) is 4. The molecule has 0 atom stereocenters. The van der Waals surface area contributed by atoms with E-state index >= 15 is 0 Å². The Kier molecular flexibility index (Phi) is 4.15. The second-order valence-corrected chi connectivity index (χ2v) is 5.20. The van der Waals surface area contributed by atoms with Gasteiger partial charge in [-0.2, -0.15) is 0 Å². The van der Waals surface area contributed by atoms with Crippen LogP contribution >= 0.6 is 0 Å². The van der Waals surface area contributed by atoms with E-state index in [4.69, 9.17) is 4.74 Å². The number of methoxy groups -OCH3 is 1. The number of phenolic OH excluding ortho intramolecular Hbond substituents is 2. The normalized spacial score (nSPS) is 11.2. The summed E-state index contributed by atoms with van der Waals surface area (Å²) in [6, 6.07) is 16.5. The van der Waals surface area contributed by atoms with Gasteiger partial charge >= 0.3 is 0 Å². The SMILES string of the molecule is COc1cc(CN=Cc2c(O)ccc3ccccc23)ccc1O. The van der Waals surface area contributed by atoms with Gasteiger partial charge in [0.2, 0.25) is 0 Å². The predicted molar refractivity (Wildman–Crippen MR) is 91.6 cm³/mol. The minimum absolute atomic E-state index is 0.104. The monoisotopic (exact) mass is 307 g/mol. The van der Waals surface area contributed by atoms with Crippen LogP contribution in [-0.4, -0.2) is 23.5 Å². The van der Waals surface area contributed by atoms with Crippen LogP contribution < -0.4 is 4.74 Å². The summed E-state index contributed by atoms with van der Waals surface area (Å²) in [7, 11) is 1.51. The molecule has 3 aromatic carbocycles. The summed E-state index contributed by atoms with van der Waals surface area (Å²) >= 11 is 0. The van der Waals surface area contributed by atoms with Crippen LogP contribution in [0.1, 0.15) is 11.1 Å². The number of nitrogens with zero attached hydrogens (tertiary/aromatic N) is 1. The average molecular weight is 307 g/mol. The molecule has 0 saturated carbocycles. The Labute approximate surface area is 134 Å². The van der Waals surface area contributed by atoms with E-state index in [1.165, 1.54) is 7.11 Å². The Morgan fingerprint density at radius 1 is 1.00 bits per heavy atom. The highest BCUT2D eigenvalue weighted by molar-refractivity contribution is 6.02. The zero-order valence-electron chi connectivity index (χ0n) is 12.7. The standard InChI is InChI=1S/C19H17NO3/c1-23-19-10-13(6-8-18(19)22)11-20-12-16-15-5-3-2-4-14(15)7-9-17(16)21/h2-10,12,21-22H,11H2,1H3. The highest BCUT2D eigenvalue weighted by atomic mass is 16.5. The molecule has 0 aliphatic rings. The number of phenols is 2. The van der Waals surface area contributed by atoms with Gasteiger partial charge in [-0.25, -0.2) is 0 Å². The van der Waals surface area contributed by atoms with Gasteiger partial charge in [0.25, 0.3) is 0 Å². The van der Waals surface area contributed by atoms with Gasteiger partial charge in [0, 0.05) is 11.8 Å². The Morgan fingerprint density at radius 2 is 1.78 bits per heavy atom. The summed E-state index contributed by atoms with van der Waals surface area (Å²) in [4.78, 5) is 4.41. The van der Waals surface area contributed by atoms with E-state index in [1.54, 1.807) is 30.5 Å². The van der Waals surface area contributed by atoms with Gasteiger partial charge in [-0.05, 0) is 34.5 Å². The van der Waals surface area contributed by atoms with Crippen molar-refractivity contribution in [1.82, 2.24) is 0 Å². The number of rotatable bonds is 4. The maximum absolute atomic E-state index is 10.1. The lowest BCUT2D eigenvalue weighted by molar-refractivity contribution is 0.373. The van der Waals surface area contributed by atoms with Gasteiger partial charge < -0.3 is 14.9 Å². The van der Waals surface area contributed by atoms with Crippen molar-refractivity contribution in [2.75, 3.05) is 7.11 Å². The molecule has 0 spiro atoms. The lowest BCUT2D eigenvalue weighted by atomic mass is 10.0. The summed E-state index contributed by atoms with van der Waals surface area (Å²) in [6.45, 7) is 0.430. The zero-order valence-corrected chi connectivity index (χ0v) is 12.7. The molecule has 0 fully saturated rings. The molecule has 0 aliphatic carbocycles. The van der Waals surface area contributed by atoms with E-state index in [2.05, 4.69) is 4.99 Å². The summed E-state index contributed by atoms with van der Waals surface area (Å²) in [5.74, 6) is 0.730. The average Bonchev–Trinajstić information content (AvgIpc) is 2.58. The fourth-order valence-electron chi connectivity index (χ4n) is 2.48. The minimum atomic E-state index is 0.104. The van der Waals surface area contributed by atoms with Crippen molar-refractivity contribution < 1.29 is 14.9 Å². The molecule has 23 heavy (non-hydrogen) atoms. The Bertz CT molecular complexity index is 872. The highest BCUT2D eigenvalue weighted by Gasteiger charge is 2.05. The van der Waals surface area contributed by atoms with E-state index in [-0.39, 0.29) is 11.5 Å². The highest BCUT2D eigenvalue weighted by Crippen LogP contribution is 2.27. The molecule has 0 saturated heterocycles. The van der Waals surface area contributed by atoms with Crippen LogP contribution in [0, 0.1) is 0 Å². The van der Waals surface area contributed by atoms with E-state index in [0.29, 0.717) is 17.9 Å². The molecule has 4 heteroatoms. The minimum Gasteiger partial charge on any atom is -0.507 e. The summed E-state index contributed by atoms with van der Waals surface area (Å²) < 4.78 is 5.09. The van der Waals surface area contributed by atoms with Crippen LogP contribution in [0.25, 0.3) is 10.8 Å². The zero-order chi connectivity index (χ0) is 16.2. The summed E-state index contributed by atoms with van der Waals surface area (Å²) in [6.07, 6.45) is 1.68. The summed E-state index contributed by atoms with van der Waals surface area (Å²) in [5.41, 5.74) is 1.62. The molecule has 0 heterocycles. The lowest BCUT2D eigenvalue weighted by Gasteiger charge is -2.06. The third-order valence-electron chi connectivity index (χ3n) is 3.69. The number of fused-ring (bicyclic) bond motifs is 1. The van der Waals surface area contributed by atoms with Crippen LogP contribution in [0.5, 0.6) is 17.2 Å². The number of benzene rings is 3. The molecule has 2 N–H and O–H groups in total. The van der Waals surface area contributed by atoms with Gasteiger partial charge in [-0.15, -0.1) is 0 Å². The third kappa shape index (κ3) is 3.11. The first kappa shape index (κ1) is 14.9. The van der Waals surface area contributed by atoms with E-state index in [9.17, 15) is 10.2 Å². The molecule has 0 amide bonds. The molecular weight excluding hydrogens is 290 g/mol. The van der Waals surface area contributed by atoms with Crippen molar-refractivity contribution >= 4 is 17.0 Å². The van der Waals surface area contributed by atoms with Gasteiger partial charge in [0.05, 0.1) is 13.7 Å². The van der Waals surface area contributed by atoms with Crippen LogP contribution in [0.15, 0.2) is 59.6 Å². The topological polar surface area (TPSA) is 62.0 Å². The van der Waals surface area contributed by atoms with Crippen LogP contribution in [0.3, 0.4) is 0 Å². The molecule has 0 radical (unpaired) electrons. The van der Waals surface area contributed by atoms with E-state index < -0.39 is 0 Å². The maximum Gasteiger partial charge on any atom is 0.160 e. The second-order valence-electron chi connectivity index (χ2n) is 5.20. The fourth-order valence-corrected chi connectivity index (χ4v) is 2.48. The second kappa shape index (κ2) is 6.40. The Morgan fingerprint density at radius 3 is 2.61 bits per heavy atom. The van der Waals surface area contributed by atoms with E-state index in [0.717, 1.165) is 16.3 Å². The largest absolute Gasteiger partial charge is 0.507 e. The Balaban J connectivity index is 1.88. The van der Waals surface area contributed by atoms with Gasteiger partial charge in [-0.1, -0.05) is 36.4 Å². The van der Waals surface area contributed by atoms with Crippen molar-refractivity contribution in [2.24, 2.45) is 4.99 Å². The summed E-state index contributed by atoms with van der Waals surface area (Å²) in [5, 5.41) is 21.7. The van der Waals surface area contributed by atoms with Crippen molar-refractivity contribution in [3.8, 4) is 17.2 Å². The molecule has 4 nitrogen and oxygen atoms in total. The molecule has 0 unspecified atom stereocenters. The quantitative estimate of drug-likeness (QED) is 0.719. The third-order valence-corrected chi connectivity index (χ3v) is 3.69. The van der Waals surface area contributed by atoms with Crippen LogP contribution in [0.4, 0.5) is 0 Å². The molecule has 0 aliphatic heterocycles. The molecule has 0 bridgehead atoms. The molecule has 3 aromatic rings. The maximum atomic E-state index is 10.1. The van der Waals surface area contributed by atoms with Gasteiger partial charge in [0.15, 0.2) is 11.5 Å². The molecule has 116 valence electrons. The number of aromatic hydroxyl groups is 2. The van der Waals surface area contributed by atoms with Crippen molar-refractivity contribution in [2.45, 2.75) is 6.54 Å². The van der Waals surface area contributed by atoms with E-state index in [1.807, 2.05) is 30.3 Å². The van der Waals surface area contributed by atoms with Crippen molar-refractivity contribution in [1.29, 1.82) is 0 Å².